The number of anilines is 1. The van der Waals surface area contributed by atoms with Gasteiger partial charge in [-0.15, -0.1) is 24.8 Å². The summed E-state index contributed by atoms with van der Waals surface area (Å²) in [6.07, 6.45) is 2.14. The zero-order chi connectivity index (χ0) is 14.7. The Morgan fingerprint density at radius 3 is 2.30 bits per heavy atom. The Bertz CT molecular complexity index is 484. The SMILES string of the molecule is Cl.Cl.O=C([C@@H]1CCCNC1)N1CCN(c2ccc(Cl)cc2)CC1. The molecule has 23 heavy (non-hydrogen) atoms. The topological polar surface area (TPSA) is 35.6 Å². The molecule has 1 N–H and O–H groups in total. The van der Waals surface area contributed by atoms with Crippen LogP contribution in [0.2, 0.25) is 5.02 Å². The van der Waals surface area contributed by atoms with Gasteiger partial charge in [-0.2, -0.15) is 0 Å². The lowest BCUT2D eigenvalue weighted by Gasteiger charge is -2.38. The van der Waals surface area contributed by atoms with Gasteiger partial charge >= 0.3 is 0 Å². The fourth-order valence-electron chi connectivity index (χ4n) is 3.16. The molecule has 0 aliphatic carbocycles. The maximum atomic E-state index is 12.5. The van der Waals surface area contributed by atoms with E-state index in [4.69, 9.17) is 11.6 Å². The first-order valence-electron chi connectivity index (χ1n) is 7.74. The summed E-state index contributed by atoms with van der Waals surface area (Å²) in [5.41, 5.74) is 1.19. The Balaban J connectivity index is 0.00000132. The number of halogens is 3. The summed E-state index contributed by atoms with van der Waals surface area (Å²) in [5.74, 6) is 0.513. The summed E-state index contributed by atoms with van der Waals surface area (Å²) in [6.45, 7) is 5.32. The highest BCUT2D eigenvalue weighted by Crippen LogP contribution is 2.21. The van der Waals surface area contributed by atoms with Crippen LogP contribution in [0.4, 0.5) is 5.69 Å². The van der Waals surface area contributed by atoms with Crippen molar-refractivity contribution in [3.05, 3.63) is 29.3 Å². The summed E-state index contributed by atoms with van der Waals surface area (Å²) in [4.78, 5) is 16.8. The van der Waals surface area contributed by atoms with Gasteiger partial charge in [0.2, 0.25) is 5.91 Å². The number of carbonyl (C=O) groups is 1. The van der Waals surface area contributed by atoms with Crippen molar-refractivity contribution in [1.29, 1.82) is 0 Å². The van der Waals surface area contributed by atoms with Gasteiger partial charge < -0.3 is 15.1 Å². The van der Waals surface area contributed by atoms with Crippen LogP contribution < -0.4 is 10.2 Å². The Kier molecular flexibility index (Phi) is 8.48. The van der Waals surface area contributed by atoms with Crippen molar-refractivity contribution in [2.75, 3.05) is 44.2 Å². The molecular formula is C16H24Cl3N3O. The maximum Gasteiger partial charge on any atom is 0.227 e. The number of piperidine rings is 1. The molecule has 3 rings (SSSR count). The standard InChI is InChI=1S/C16H22ClN3O.2ClH/c17-14-3-5-15(6-4-14)19-8-10-20(11-9-19)16(21)13-2-1-7-18-12-13;;/h3-6,13,18H,1-2,7-12H2;2*1H/t13-;;/m1../s1. The van der Waals surface area contributed by atoms with Gasteiger partial charge in [0, 0.05) is 43.4 Å². The molecule has 2 saturated heterocycles. The lowest BCUT2D eigenvalue weighted by molar-refractivity contribution is -0.136. The van der Waals surface area contributed by atoms with E-state index >= 15 is 0 Å². The van der Waals surface area contributed by atoms with Crippen LogP contribution in [0.1, 0.15) is 12.8 Å². The number of nitrogens with zero attached hydrogens (tertiary/aromatic N) is 2. The average molecular weight is 381 g/mol. The van der Waals surface area contributed by atoms with Crippen molar-refractivity contribution in [3.8, 4) is 0 Å². The van der Waals surface area contributed by atoms with Crippen molar-refractivity contribution in [2.24, 2.45) is 5.92 Å². The zero-order valence-corrected chi connectivity index (χ0v) is 15.4. The van der Waals surface area contributed by atoms with Crippen LogP contribution in [-0.4, -0.2) is 50.1 Å². The summed E-state index contributed by atoms with van der Waals surface area (Å²) in [7, 11) is 0. The number of hydrogen-bond donors (Lipinski definition) is 1. The summed E-state index contributed by atoms with van der Waals surface area (Å²) >= 11 is 5.92. The fourth-order valence-corrected chi connectivity index (χ4v) is 3.28. The molecule has 2 aliphatic rings. The van der Waals surface area contributed by atoms with Crippen LogP contribution in [0.15, 0.2) is 24.3 Å². The Morgan fingerprint density at radius 1 is 1.09 bits per heavy atom. The van der Waals surface area contributed by atoms with Gasteiger partial charge in [-0.25, -0.2) is 0 Å². The number of nitrogens with one attached hydrogen (secondary N) is 1. The molecule has 1 aromatic carbocycles. The third-order valence-electron chi connectivity index (χ3n) is 4.43. The number of hydrogen-bond acceptors (Lipinski definition) is 3. The van der Waals surface area contributed by atoms with Gasteiger partial charge in [-0.05, 0) is 43.7 Å². The highest BCUT2D eigenvalue weighted by molar-refractivity contribution is 6.30. The molecule has 7 heteroatoms. The van der Waals surface area contributed by atoms with Crippen LogP contribution in [0.3, 0.4) is 0 Å². The second kappa shape index (κ2) is 9.58. The molecule has 1 atom stereocenters. The van der Waals surface area contributed by atoms with E-state index in [0.29, 0.717) is 5.91 Å². The summed E-state index contributed by atoms with van der Waals surface area (Å²) < 4.78 is 0. The third-order valence-corrected chi connectivity index (χ3v) is 4.68. The zero-order valence-electron chi connectivity index (χ0n) is 13.0. The Morgan fingerprint density at radius 2 is 1.74 bits per heavy atom. The fraction of sp³-hybridized carbons (Fsp3) is 0.562. The predicted molar refractivity (Wildman–Crippen MR) is 100 cm³/mol. The number of rotatable bonds is 2. The van der Waals surface area contributed by atoms with E-state index in [1.54, 1.807) is 0 Å². The minimum atomic E-state index is 0. The molecule has 0 unspecified atom stereocenters. The molecule has 0 bridgehead atoms. The first-order valence-corrected chi connectivity index (χ1v) is 8.12. The quantitative estimate of drug-likeness (QED) is 0.857. The molecule has 0 radical (unpaired) electrons. The molecule has 0 spiro atoms. The molecule has 0 aromatic heterocycles. The molecule has 130 valence electrons. The van der Waals surface area contributed by atoms with Crippen molar-refractivity contribution in [1.82, 2.24) is 10.2 Å². The van der Waals surface area contributed by atoms with Crippen molar-refractivity contribution in [3.63, 3.8) is 0 Å². The maximum absolute atomic E-state index is 12.5. The van der Waals surface area contributed by atoms with Gasteiger partial charge in [0.1, 0.15) is 0 Å². The van der Waals surface area contributed by atoms with Crippen LogP contribution in [0.5, 0.6) is 0 Å². The van der Waals surface area contributed by atoms with E-state index in [-0.39, 0.29) is 30.7 Å². The van der Waals surface area contributed by atoms with E-state index in [1.807, 2.05) is 29.2 Å². The van der Waals surface area contributed by atoms with Crippen molar-refractivity contribution < 1.29 is 4.79 Å². The van der Waals surface area contributed by atoms with E-state index < -0.39 is 0 Å². The van der Waals surface area contributed by atoms with Crippen LogP contribution in [-0.2, 0) is 4.79 Å². The van der Waals surface area contributed by atoms with Crippen molar-refractivity contribution in [2.45, 2.75) is 12.8 Å². The van der Waals surface area contributed by atoms with E-state index in [1.165, 1.54) is 5.69 Å². The van der Waals surface area contributed by atoms with Gasteiger partial charge in [0.15, 0.2) is 0 Å². The molecular weight excluding hydrogens is 357 g/mol. The first kappa shape index (κ1) is 20.4. The van der Waals surface area contributed by atoms with Gasteiger partial charge in [-0.3, -0.25) is 4.79 Å². The Hall–Kier alpha value is -0.680. The van der Waals surface area contributed by atoms with E-state index in [0.717, 1.165) is 57.1 Å². The van der Waals surface area contributed by atoms with E-state index in [9.17, 15) is 4.79 Å². The van der Waals surface area contributed by atoms with Gasteiger partial charge in [-0.1, -0.05) is 11.6 Å². The third kappa shape index (κ3) is 5.15. The lowest BCUT2D eigenvalue weighted by atomic mass is 9.98. The first-order chi connectivity index (χ1) is 10.2. The highest BCUT2D eigenvalue weighted by atomic mass is 35.5. The molecule has 2 heterocycles. The number of benzene rings is 1. The Labute approximate surface area is 155 Å². The predicted octanol–water partition coefficient (Wildman–Crippen LogP) is 2.83. The average Bonchev–Trinajstić information content (AvgIpc) is 2.56. The molecule has 1 amide bonds. The summed E-state index contributed by atoms with van der Waals surface area (Å²) in [5, 5.41) is 4.09. The molecule has 1 aromatic rings. The monoisotopic (exact) mass is 379 g/mol. The van der Waals surface area contributed by atoms with Crippen LogP contribution >= 0.6 is 36.4 Å². The molecule has 2 fully saturated rings. The number of piperazine rings is 1. The molecule has 4 nitrogen and oxygen atoms in total. The van der Waals surface area contributed by atoms with Gasteiger partial charge in [0.05, 0.1) is 5.92 Å². The lowest BCUT2D eigenvalue weighted by Crippen LogP contribution is -2.52. The molecule has 2 aliphatic heterocycles. The molecule has 0 saturated carbocycles. The van der Waals surface area contributed by atoms with E-state index in [2.05, 4.69) is 10.2 Å². The van der Waals surface area contributed by atoms with Crippen LogP contribution in [0, 0.1) is 5.92 Å². The van der Waals surface area contributed by atoms with Crippen LogP contribution in [0.25, 0.3) is 0 Å². The highest BCUT2D eigenvalue weighted by Gasteiger charge is 2.28. The minimum absolute atomic E-state index is 0. The smallest absolute Gasteiger partial charge is 0.227 e. The minimum Gasteiger partial charge on any atom is -0.368 e. The van der Waals surface area contributed by atoms with Gasteiger partial charge in [0.25, 0.3) is 0 Å². The number of amides is 1. The second-order valence-corrected chi connectivity index (χ2v) is 6.27. The largest absolute Gasteiger partial charge is 0.368 e. The second-order valence-electron chi connectivity index (χ2n) is 5.83. The van der Waals surface area contributed by atoms with Crippen molar-refractivity contribution >= 4 is 48.0 Å². The summed E-state index contributed by atoms with van der Waals surface area (Å²) in [6, 6.07) is 7.93. The normalized spacial score (nSPS) is 21.2. The number of carbonyl (C=O) groups excluding carboxylic acids is 1.